The number of rotatable bonds is 2. The summed E-state index contributed by atoms with van der Waals surface area (Å²) in [5, 5.41) is 7.69. The van der Waals surface area contributed by atoms with Crippen LogP contribution in [0.3, 0.4) is 0 Å². The van der Waals surface area contributed by atoms with E-state index in [9.17, 15) is 0 Å². The van der Waals surface area contributed by atoms with Crippen LogP contribution < -0.4 is 4.74 Å². The van der Waals surface area contributed by atoms with Crippen LogP contribution in [0.1, 0.15) is 35.4 Å². The average Bonchev–Trinajstić information content (AvgIpc) is 3.14. The fourth-order valence-electron chi connectivity index (χ4n) is 3.59. The van der Waals surface area contributed by atoms with Crippen molar-refractivity contribution in [1.82, 2.24) is 9.99 Å². The molecule has 5 rings (SSSR count). The van der Waals surface area contributed by atoms with Gasteiger partial charge in [0.15, 0.2) is 0 Å². The van der Waals surface area contributed by atoms with Crippen molar-refractivity contribution in [3.05, 3.63) is 94.8 Å². The van der Waals surface area contributed by atoms with Crippen molar-refractivity contribution in [2.24, 2.45) is 5.10 Å². The zero-order valence-corrected chi connectivity index (χ0v) is 14.7. The van der Waals surface area contributed by atoms with Crippen molar-refractivity contribution in [1.29, 1.82) is 0 Å². The Balaban J connectivity index is 1.60. The molecule has 0 saturated carbocycles. The van der Waals surface area contributed by atoms with Gasteiger partial charge in [-0.2, -0.15) is 5.10 Å². The van der Waals surface area contributed by atoms with Crippen molar-refractivity contribution < 1.29 is 4.74 Å². The minimum absolute atomic E-state index is 0.149. The lowest BCUT2D eigenvalue weighted by Gasteiger charge is -2.38. The fraction of sp³-hybridized carbons (Fsp3) is 0.143. The number of halogens is 1. The molecule has 2 aliphatic heterocycles. The maximum absolute atomic E-state index is 6.32. The number of hydrogen-bond acceptors (Lipinski definition) is 4. The van der Waals surface area contributed by atoms with Crippen molar-refractivity contribution in [3.8, 4) is 5.75 Å². The number of benzene rings is 2. The highest BCUT2D eigenvalue weighted by Crippen LogP contribution is 2.47. The van der Waals surface area contributed by atoms with Crippen LogP contribution in [-0.2, 0) is 0 Å². The zero-order valence-electron chi connectivity index (χ0n) is 13.9. The molecule has 26 heavy (non-hydrogen) atoms. The Morgan fingerprint density at radius 1 is 1.00 bits per heavy atom. The molecule has 0 fully saturated rings. The van der Waals surface area contributed by atoms with Crippen LogP contribution in [-0.4, -0.2) is 15.7 Å². The van der Waals surface area contributed by atoms with Gasteiger partial charge < -0.3 is 4.74 Å². The zero-order chi connectivity index (χ0) is 17.5. The number of para-hydroxylation sites is 1. The topological polar surface area (TPSA) is 37.7 Å². The van der Waals surface area contributed by atoms with Crippen LogP contribution in [0.25, 0.3) is 0 Å². The lowest BCUT2D eigenvalue weighted by Crippen LogP contribution is -2.33. The first kappa shape index (κ1) is 15.4. The molecule has 2 aliphatic rings. The Labute approximate surface area is 156 Å². The van der Waals surface area contributed by atoms with Gasteiger partial charge in [0.25, 0.3) is 0 Å². The molecule has 0 amide bonds. The van der Waals surface area contributed by atoms with E-state index in [0.717, 1.165) is 29.0 Å². The van der Waals surface area contributed by atoms with E-state index >= 15 is 0 Å². The summed E-state index contributed by atoms with van der Waals surface area (Å²) < 4.78 is 6.32. The molecule has 0 N–H and O–H groups in total. The third-order valence-electron chi connectivity index (χ3n) is 4.85. The fourth-order valence-corrected chi connectivity index (χ4v) is 3.72. The molecule has 3 aromatic rings. The molecule has 4 nitrogen and oxygen atoms in total. The molecule has 1 aromatic heterocycles. The van der Waals surface area contributed by atoms with Crippen LogP contribution in [0.4, 0.5) is 0 Å². The molecule has 0 unspecified atom stereocenters. The first-order chi connectivity index (χ1) is 12.8. The van der Waals surface area contributed by atoms with Gasteiger partial charge in [-0.3, -0.25) is 4.98 Å². The van der Waals surface area contributed by atoms with Crippen molar-refractivity contribution in [3.63, 3.8) is 0 Å². The number of hydrazone groups is 1. The summed E-state index contributed by atoms with van der Waals surface area (Å²) in [6.45, 7) is 0. The molecular weight excluding hydrogens is 346 g/mol. The highest BCUT2D eigenvalue weighted by Gasteiger charge is 2.40. The molecule has 0 spiro atoms. The van der Waals surface area contributed by atoms with E-state index in [0.29, 0.717) is 5.02 Å². The van der Waals surface area contributed by atoms with Crippen molar-refractivity contribution >= 4 is 17.3 Å². The smallest absolute Gasteiger partial charge is 0.213 e. The summed E-state index contributed by atoms with van der Waals surface area (Å²) in [6, 6.07) is 20.1. The summed E-state index contributed by atoms with van der Waals surface area (Å²) in [5.41, 5.74) is 4.28. The first-order valence-corrected chi connectivity index (χ1v) is 8.95. The number of pyridine rings is 1. The third kappa shape index (κ3) is 2.54. The molecule has 0 bridgehead atoms. The Morgan fingerprint density at radius 2 is 1.85 bits per heavy atom. The summed E-state index contributed by atoms with van der Waals surface area (Å²) in [6.07, 6.45) is 4.19. The van der Waals surface area contributed by atoms with Crippen LogP contribution in [0, 0.1) is 0 Å². The molecule has 0 aliphatic carbocycles. The second-order valence-corrected chi connectivity index (χ2v) is 6.88. The van der Waals surface area contributed by atoms with Gasteiger partial charge in [-0.05, 0) is 24.3 Å². The molecule has 128 valence electrons. The Hall–Kier alpha value is -2.85. The predicted molar refractivity (Wildman–Crippen MR) is 101 cm³/mol. The molecule has 3 heterocycles. The second kappa shape index (κ2) is 6.15. The van der Waals surface area contributed by atoms with Gasteiger partial charge in [-0.1, -0.05) is 48.0 Å². The van der Waals surface area contributed by atoms with Gasteiger partial charge in [0, 0.05) is 40.5 Å². The second-order valence-electron chi connectivity index (χ2n) is 6.45. The Morgan fingerprint density at radius 3 is 2.65 bits per heavy atom. The minimum atomic E-state index is -0.277. The minimum Gasteiger partial charge on any atom is -0.464 e. The third-order valence-corrected chi connectivity index (χ3v) is 5.10. The molecular formula is C21H16ClN3O. The van der Waals surface area contributed by atoms with E-state index in [1.54, 1.807) is 6.20 Å². The first-order valence-electron chi connectivity index (χ1n) is 8.57. The largest absolute Gasteiger partial charge is 0.464 e. The number of hydrogen-bond donors (Lipinski definition) is 0. The van der Waals surface area contributed by atoms with Crippen molar-refractivity contribution in [2.45, 2.75) is 18.7 Å². The average molecular weight is 362 g/mol. The van der Waals surface area contributed by atoms with Crippen LogP contribution >= 0.6 is 11.6 Å². The Bertz CT molecular complexity index is 972. The number of aromatic nitrogens is 1. The van der Waals surface area contributed by atoms with Gasteiger partial charge in [0.1, 0.15) is 5.75 Å². The maximum atomic E-state index is 6.32. The summed E-state index contributed by atoms with van der Waals surface area (Å²) in [5.74, 6) is 0.913. The lowest BCUT2D eigenvalue weighted by atomic mass is 9.96. The van der Waals surface area contributed by atoms with Gasteiger partial charge in [-0.15, -0.1) is 0 Å². The summed E-state index contributed by atoms with van der Waals surface area (Å²) in [7, 11) is 0. The van der Waals surface area contributed by atoms with Gasteiger partial charge >= 0.3 is 0 Å². The molecule has 5 heteroatoms. The van der Waals surface area contributed by atoms with E-state index in [2.05, 4.69) is 16.1 Å². The standard InChI is InChI=1S/C21H16ClN3O/c22-16-9-7-14(8-10-16)21-25-19(17-5-1-2-6-20(17)26-21)12-18(24-25)15-4-3-11-23-13-15/h1-11,13,19,21H,12H2/t19-,21+/m1/s1. The number of nitrogens with zero attached hydrogens (tertiary/aromatic N) is 3. The molecule has 2 atom stereocenters. The van der Waals surface area contributed by atoms with Gasteiger partial charge in [0.2, 0.25) is 6.23 Å². The van der Waals surface area contributed by atoms with E-state index in [1.165, 1.54) is 5.56 Å². The molecule has 0 radical (unpaired) electrons. The molecule has 2 aromatic carbocycles. The van der Waals surface area contributed by atoms with Gasteiger partial charge in [0.05, 0.1) is 11.8 Å². The highest BCUT2D eigenvalue weighted by atomic mass is 35.5. The number of ether oxygens (including phenoxy) is 1. The quantitative estimate of drug-likeness (QED) is 0.646. The molecule has 0 saturated heterocycles. The normalized spacial score (nSPS) is 20.8. The predicted octanol–water partition coefficient (Wildman–Crippen LogP) is 4.98. The van der Waals surface area contributed by atoms with E-state index < -0.39 is 0 Å². The monoisotopic (exact) mass is 361 g/mol. The lowest BCUT2D eigenvalue weighted by molar-refractivity contribution is -0.0190. The van der Waals surface area contributed by atoms with E-state index in [4.69, 9.17) is 21.4 Å². The van der Waals surface area contributed by atoms with Crippen LogP contribution in [0.2, 0.25) is 5.02 Å². The summed E-state index contributed by atoms with van der Waals surface area (Å²) >= 11 is 6.06. The van der Waals surface area contributed by atoms with Crippen molar-refractivity contribution in [2.75, 3.05) is 0 Å². The van der Waals surface area contributed by atoms with Crippen LogP contribution in [0.15, 0.2) is 78.2 Å². The van der Waals surface area contributed by atoms with Crippen LogP contribution in [0.5, 0.6) is 5.75 Å². The Kier molecular flexibility index (Phi) is 3.64. The maximum Gasteiger partial charge on any atom is 0.213 e. The SMILES string of the molecule is Clc1ccc([C@@H]2Oc3ccccc3[C@H]3CC(c4cccnc4)=NN32)cc1. The highest BCUT2D eigenvalue weighted by molar-refractivity contribution is 6.30. The van der Waals surface area contributed by atoms with Gasteiger partial charge in [-0.25, -0.2) is 5.01 Å². The summed E-state index contributed by atoms with van der Waals surface area (Å²) in [4.78, 5) is 4.23. The number of fused-ring (bicyclic) bond motifs is 3. The van der Waals surface area contributed by atoms with E-state index in [-0.39, 0.29) is 12.3 Å². The van der Waals surface area contributed by atoms with E-state index in [1.807, 2.05) is 60.8 Å².